The molecule has 90 valence electrons. The fourth-order valence-corrected chi connectivity index (χ4v) is 1.77. The van der Waals surface area contributed by atoms with E-state index in [-0.39, 0.29) is 5.28 Å². The monoisotopic (exact) mass is 249 g/mol. The van der Waals surface area contributed by atoms with Gasteiger partial charge in [0.05, 0.1) is 5.52 Å². The molecule has 0 amide bonds. The zero-order chi connectivity index (χ0) is 12.3. The summed E-state index contributed by atoms with van der Waals surface area (Å²) < 4.78 is 0. The second kappa shape index (κ2) is 5.32. The first-order valence-electron chi connectivity index (χ1n) is 5.87. The highest BCUT2D eigenvalue weighted by molar-refractivity contribution is 6.28. The van der Waals surface area contributed by atoms with E-state index in [9.17, 15) is 0 Å². The molecule has 0 fully saturated rings. The largest absolute Gasteiger partial charge is 0.369 e. The molecule has 2 aromatic rings. The zero-order valence-corrected chi connectivity index (χ0v) is 10.8. The van der Waals surface area contributed by atoms with Gasteiger partial charge in [-0.3, -0.25) is 0 Å². The van der Waals surface area contributed by atoms with E-state index in [2.05, 4.69) is 29.1 Å². The van der Waals surface area contributed by atoms with E-state index < -0.39 is 0 Å². The lowest BCUT2D eigenvalue weighted by atomic mass is 10.1. The molecule has 1 N–H and O–H groups in total. The van der Waals surface area contributed by atoms with E-state index in [0.29, 0.717) is 5.92 Å². The van der Waals surface area contributed by atoms with Crippen LogP contribution in [0, 0.1) is 5.92 Å². The number of rotatable bonds is 4. The fraction of sp³-hybridized carbons (Fsp3) is 0.385. The molecule has 1 heterocycles. The average Bonchev–Trinajstić information content (AvgIpc) is 2.35. The van der Waals surface area contributed by atoms with E-state index in [1.54, 1.807) is 0 Å². The van der Waals surface area contributed by atoms with E-state index >= 15 is 0 Å². The van der Waals surface area contributed by atoms with E-state index in [1.165, 1.54) is 0 Å². The molecule has 1 aromatic carbocycles. The van der Waals surface area contributed by atoms with Crippen LogP contribution in [0.1, 0.15) is 20.3 Å². The molecule has 2 rings (SSSR count). The normalized spacial score (nSPS) is 12.6. The lowest BCUT2D eigenvalue weighted by Gasteiger charge is -2.12. The van der Waals surface area contributed by atoms with Gasteiger partial charge in [-0.15, -0.1) is 0 Å². The minimum atomic E-state index is 0.287. The highest BCUT2D eigenvalue weighted by atomic mass is 35.5. The van der Waals surface area contributed by atoms with Crippen LogP contribution in [0.2, 0.25) is 5.28 Å². The molecule has 0 aliphatic heterocycles. The van der Waals surface area contributed by atoms with Crippen molar-refractivity contribution in [2.75, 3.05) is 11.9 Å². The van der Waals surface area contributed by atoms with Crippen LogP contribution in [0.4, 0.5) is 5.82 Å². The van der Waals surface area contributed by atoms with Crippen molar-refractivity contribution in [1.29, 1.82) is 0 Å². The van der Waals surface area contributed by atoms with Gasteiger partial charge in [-0.2, -0.15) is 0 Å². The summed E-state index contributed by atoms with van der Waals surface area (Å²) >= 11 is 5.91. The number of para-hydroxylation sites is 1. The van der Waals surface area contributed by atoms with Gasteiger partial charge < -0.3 is 5.32 Å². The van der Waals surface area contributed by atoms with Gasteiger partial charge in [0.2, 0.25) is 5.28 Å². The number of hydrogen-bond acceptors (Lipinski definition) is 3. The standard InChI is InChI=1S/C13H16ClN3/c1-3-9(2)8-15-12-10-6-4-5-7-11(10)16-13(14)17-12/h4-7,9H,3,8H2,1-2H3,(H,15,16,17). The van der Waals surface area contributed by atoms with Gasteiger partial charge >= 0.3 is 0 Å². The molecule has 0 spiro atoms. The molecule has 1 unspecified atom stereocenters. The number of nitrogens with zero attached hydrogens (tertiary/aromatic N) is 2. The number of fused-ring (bicyclic) bond motifs is 1. The second-order valence-corrected chi connectivity index (χ2v) is 4.59. The minimum Gasteiger partial charge on any atom is -0.369 e. The highest BCUT2D eigenvalue weighted by Crippen LogP contribution is 2.22. The van der Waals surface area contributed by atoms with Gasteiger partial charge in [-0.05, 0) is 29.7 Å². The van der Waals surface area contributed by atoms with Crippen molar-refractivity contribution in [3.8, 4) is 0 Å². The van der Waals surface area contributed by atoms with E-state index in [0.717, 1.165) is 29.7 Å². The lowest BCUT2D eigenvalue weighted by molar-refractivity contribution is 0.593. The molecule has 4 heteroatoms. The molecular formula is C13H16ClN3. The van der Waals surface area contributed by atoms with Crippen LogP contribution < -0.4 is 5.32 Å². The number of halogens is 1. The summed E-state index contributed by atoms with van der Waals surface area (Å²) in [5.74, 6) is 1.43. The molecule has 17 heavy (non-hydrogen) atoms. The third kappa shape index (κ3) is 2.86. The number of nitrogens with one attached hydrogen (secondary N) is 1. The molecule has 1 atom stereocenters. The van der Waals surface area contributed by atoms with Crippen molar-refractivity contribution in [3.05, 3.63) is 29.5 Å². The topological polar surface area (TPSA) is 37.8 Å². The predicted molar refractivity (Wildman–Crippen MR) is 72.5 cm³/mol. The highest BCUT2D eigenvalue weighted by Gasteiger charge is 2.06. The Labute approximate surface area is 106 Å². The summed E-state index contributed by atoms with van der Waals surface area (Å²) in [6.45, 7) is 5.28. The van der Waals surface area contributed by atoms with Crippen molar-refractivity contribution < 1.29 is 0 Å². The van der Waals surface area contributed by atoms with Crippen LogP contribution in [0.5, 0.6) is 0 Å². The Hall–Kier alpha value is -1.35. The maximum atomic E-state index is 5.91. The second-order valence-electron chi connectivity index (χ2n) is 4.25. The fourth-order valence-electron chi connectivity index (χ4n) is 1.60. The summed E-state index contributed by atoms with van der Waals surface area (Å²) in [4.78, 5) is 8.45. The molecule has 0 aliphatic rings. The Morgan fingerprint density at radius 2 is 2.06 bits per heavy atom. The lowest BCUT2D eigenvalue weighted by Crippen LogP contribution is -2.11. The third-order valence-electron chi connectivity index (χ3n) is 2.89. The van der Waals surface area contributed by atoms with E-state index in [4.69, 9.17) is 11.6 Å². The Morgan fingerprint density at radius 3 is 2.82 bits per heavy atom. The van der Waals surface area contributed by atoms with Gasteiger partial charge in [0.15, 0.2) is 0 Å². The molecule has 0 saturated heterocycles. The molecular weight excluding hydrogens is 234 g/mol. The zero-order valence-electron chi connectivity index (χ0n) is 10.1. The van der Waals surface area contributed by atoms with Gasteiger partial charge in [-0.25, -0.2) is 9.97 Å². The third-order valence-corrected chi connectivity index (χ3v) is 3.06. The number of aromatic nitrogens is 2. The van der Waals surface area contributed by atoms with Crippen LogP contribution >= 0.6 is 11.6 Å². The van der Waals surface area contributed by atoms with E-state index in [1.807, 2.05) is 24.3 Å². The Balaban J connectivity index is 2.32. The van der Waals surface area contributed by atoms with Gasteiger partial charge in [0, 0.05) is 11.9 Å². The summed E-state index contributed by atoms with van der Waals surface area (Å²) in [7, 11) is 0. The van der Waals surface area contributed by atoms with Crippen molar-refractivity contribution in [2.45, 2.75) is 20.3 Å². The van der Waals surface area contributed by atoms with Gasteiger partial charge in [0.25, 0.3) is 0 Å². The van der Waals surface area contributed by atoms with Crippen molar-refractivity contribution >= 4 is 28.3 Å². The van der Waals surface area contributed by atoms with Crippen molar-refractivity contribution in [2.24, 2.45) is 5.92 Å². The molecule has 0 bridgehead atoms. The van der Waals surface area contributed by atoms with Crippen molar-refractivity contribution in [1.82, 2.24) is 9.97 Å². The Bertz CT molecular complexity index is 513. The van der Waals surface area contributed by atoms with Crippen LogP contribution in [0.3, 0.4) is 0 Å². The van der Waals surface area contributed by atoms with Crippen LogP contribution in [0.15, 0.2) is 24.3 Å². The first kappa shape index (κ1) is 12.1. The van der Waals surface area contributed by atoms with Gasteiger partial charge in [-0.1, -0.05) is 32.4 Å². The number of benzene rings is 1. The number of anilines is 1. The number of hydrogen-bond donors (Lipinski definition) is 1. The smallest absolute Gasteiger partial charge is 0.224 e. The average molecular weight is 250 g/mol. The maximum absolute atomic E-state index is 5.91. The van der Waals surface area contributed by atoms with Crippen molar-refractivity contribution in [3.63, 3.8) is 0 Å². The van der Waals surface area contributed by atoms with Crippen LogP contribution in [0.25, 0.3) is 10.9 Å². The predicted octanol–water partition coefficient (Wildman–Crippen LogP) is 3.74. The minimum absolute atomic E-state index is 0.287. The Kier molecular flexibility index (Phi) is 3.79. The van der Waals surface area contributed by atoms with Crippen LogP contribution in [-0.2, 0) is 0 Å². The first-order chi connectivity index (χ1) is 8.20. The summed E-state index contributed by atoms with van der Waals surface area (Å²) in [5, 5.41) is 4.65. The molecule has 1 aromatic heterocycles. The Morgan fingerprint density at radius 1 is 1.29 bits per heavy atom. The molecule has 0 radical (unpaired) electrons. The first-order valence-corrected chi connectivity index (χ1v) is 6.24. The molecule has 0 aliphatic carbocycles. The summed E-state index contributed by atoms with van der Waals surface area (Å²) in [5.41, 5.74) is 0.874. The quantitative estimate of drug-likeness (QED) is 0.839. The molecule has 3 nitrogen and oxygen atoms in total. The maximum Gasteiger partial charge on any atom is 0.224 e. The van der Waals surface area contributed by atoms with Crippen LogP contribution in [-0.4, -0.2) is 16.5 Å². The summed E-state index contributed by atoms with van der Waals surface area (Å²) in [6.07, 6.45) is 1.14. The summed E-state index contributed by atoms with van der Waals surface area (Å²) in [6, 6.07) is 7.88. The molecule has 0 saturated carbocycles. The van der Waals surface area contributed by atoms with Gasteiger partial charge in [0.1, 0.15) is 5.82 Å². The SMILES string of the molecule is CCC(C)CNc1nc(Cl)nc2ccccc12.